The fourth-order valence-electron chi connectivity index (χ4n) is 12.0. The molecule has 4 unspecified atom stereocenters. The van der Waals surface area contributed by atoms with E-state index in [1.165, 1.54) is 24.3 Å². The van der Waals surface area contributed by atoms with Crippen LogP contribution in [-0.2, 0) is 19.1 Å². The number of nitrogens with zero attached hydrogens (tertiary/aromatic N) is 2. The maximum atomic E-state index is 13.8. The Morgan fingerprint density at radius 1 is 0.958 bits per heavy atom. The molecule has 9 heteroatoms. The van der Waals surface area contributed by atoms with E-state index in [-0.39, 0.29) is 52.3 Å². The fraction of sp³-hybridized carbons (Fsp3) is 0.744. The number of hydrogen-bond donors (Lipinski definition) is 2. The van der Waals surface area contributed by atoms with Crippen molar-refractivity contribution in [3.05, 3.63) is 35.4 Å². The van der Waals surface area contributed by atoms with Crippen molar-refractivity contribution in [2.75, 3.05) is 0 Å². The van der Waals surface area contributed by atoms with Crippen molar-refractivity contribution >= 4 is 23.6 Å². The van der Waals surface area contributed by atoms with Crippen LogP contribution in [0.15, 0.2) is 29.9 Å². The van der Waals surface area contributed by atoms with Crippen LogP contribution in [0.3, 0.4) is 0 Å². The molecule has 8 atom stereocenters. The number of aliphatic carboxylic acids is 1. The van der Waals surface area contributed by atoms with E-state index in [1.54, 1.807) is 13.8 Å². The Labute approximate surface area is 285 Å². The Morgan fingerprint density at radius 2 is 1.62 bits per heavy atom. The summed E-state index contributed by atoms with van der Waals surface area (Å²) in [6.45, 7) is 16.9. The van der Waals surface area contributed by atoms with Crippen molar-refractivity contribution in [2.45, 2.75) is 131 Å². The van der Waals surface area contributed by atoms with E-state index >= 15 is 0 Å². The molecule has 48 heavy (non-hydrogen) atoms. The molecule has 4 fully saturated rings. The number of carboxylic acids is 1. The lowest BCUT2D eigenvalue weighted by atomic mass is 9.37. The molecule has 4 saturated carbocycles. The number of ketones is 1. The molecule has 1 amide bonds. The van der Waals surface area contributed by atoms with Crippen LogP contribution in [0.1, 0.15) is 130 Å². The minimum absolute atomic E-state index is 0.0710. The van der Waals surface area contributed by atoms with Gasteiger partial charge in [0.05, 0.1) is 22.9 Å². The summed E-state index contributed by atoms with van der Waals surface area (Å²) in [5.74, 6) is 0.154. The quantitative estimate of drug-likeness (QED) is 0.300. The zero-order chi connectivity index (χ0) is 35.0. The van der Waals surface area contributed by atoms with Crippen LogP contribution in [0.2, 0.25) is 0 Å². The molecule has 0 aromatic carbocycles. The maximum Gasteiger partial charge on any atom is 0.309 e. The van der Waals surface area contributed by atoms with Crippen LogP contribution >= 0.6 is 0 Å². The molecule has 9 nitrogen and oxygen atoms in total. The molecule has 0 spiro atoms. The smallest absolute Gasteiger partial charge is 0.309 e. The largest absolute Gasteiger partial charge is 0.481 e. The number of carbonyl (C=O) groups is 4. The first-order chi connectivity index (χ1) is 22.4. The molecule has 0 saturated heterocycles. The molecule has 2 N–H and O–H groups in total. The van der Waals surface area contributed by atoms with E-state index in [0.717, 1.165) is 56.9 Å². The van der Waals surface area contributed by atoms with Gasteiger partial charge in [0, 0.05) is 24.2 Å². The van der Waals surface area contributed by atoms with Gasteiger partial charge in [0.1, 0.15) is 12.4 Å². The Bertz CT molecular complexity index is 1530. The lowest BCUT2D eigenvalue weighted by Crippen LogP contribution is -2.64. The van der Waals surface area contributed by atoms with E-state index in [1.807, 2.05) is 0 Å². The number of Topliss-reactive ketones (excluding diaryl/α,β-unsaturated/α-hetero) is 1. The summed E-state index contributed by atoms with van der Waals surface area (Å²) in [7, 11) is 0. The van der Waals surface area contributed by atoms with Crippen LogP contribution < -0.4 is 5.32 Å². The van der Waals surface area contributed by atoms with E-state index in [9.17, 15) is 24.3 Å². The molecule has 0 radical (unpaired) electrons. The van der Waals surface area contributed by atoms with Gasteiger partial charge in [-0.05, 0) is 117 Å². The highest BCUT2D eigenvalue weighted by Gasteiger charge is 2.67. The number of nitrogens with one attached hydrogen (secondary N) is 1. The Balaban J connectivity index is 1.27. The predicted molar refractivity (Wildman–Crippen MR) is 181 cm³/mol. The molecule has 0 aliphatic heterocycles. The van der Waals surface area contributed by atoms with Gasteiger partial charge in [-0.2, -0.15) is 0 Å². The summed E-state index contributed by atoms with van der Waals surface area (Å²) in [4.78, 5) is 60.1. The monoisotopic (exact) mass is 661 g/mol. The number of ether oxygens (including phenoxy) is 1. The fourth-order valence-corrected chi connectivity index (χ4v) is 12.0. The van der Waals surface area contributed by atoms with Gasteiger partial charge in [0.15, 0.2) is 5.78 Å². The molecular weight excluding hydrogens is 606 g/mol. The molecule has 1 aromatic rings. The topological polar surface area (TPSA) is 136 Å². The van der Waals surface area contributed by atoms with Crippen LogP contribution in [0.4, 0.5) is 0 Å². The van der Waals surface area contributed by atoms with Crippen LogP contribution in [0, 0.1) is 51.2 Å². The first kappa shape index (κ1) is 34.8. The van der Waals surface area contributed by atoms with Crippen molar-refractivity contribution in [1.29, 1.82) is 0 Å². The SMILES string of the molecule is CC(C)C1=C2C3CCC4[C@@](C)(CCC5C(C)(C)[C@@H](OC(=O)CC(C)(C)C(=O)O)CC[C@@]54C)C3CC[C@@]2(NC(=O)c2cncnc2)CC1=O. The van der Waals surface area contributed by atoms with Gasteiger partial charge >= 0.3 is 11.9 Å². The summed E-state index contributed by atoms with van der Waals surface area (Å²) in [5, 5.41) is 12.9. The standard InChI is InChI=1S/C39H55N3O6/c1-22(2)31-26(43)17-39(42-33(45)23-19-40-21-41-20-23)16-11-25-24(32(31)39)9-10-28-37(25,7)14-12-27-36(5,6)29(13-15-38(27,28)8)48-30(44)18-35(3,4)34(46)47/h19-22,24-25,27-29H,9-18H2,1-8H3,(H,42,45)(H,46,47)/t24?,25?,27?,28?,29-,37-,38-,39+/m0/s1. The summed E-state index contributed by atoms with van der Waals surface area (Å²) >= 11 is 0. The number of hydrogen-bond acceptors (Lipinski definition) is 7. The minimum atomic E-state index is -1.17. The van der Waals surface area contributed by atoms with Crippen molar-refractivity contribution in [1.82, 2.24) is 15.3 Å². The number of carboxylic acid groups (broad SMARTS) is 1. The third-order valence-corrected chi connectivity index (χ3v) is 14.1. The Morgan fingerprint density at radius 3 is 2.27 bits per heavy atom. The highest BCUT2D eigenvalue weighted by atomic mass is 16.5. The Hall–Kier alpha value is -3.10. The van der Waals surface area contributed by atoms with Crippen molar-refractivity contribution in [3.8, 4) is 0 Å². The molecule has 1 aromatic heterocycles. The summed E-state index contributed by atoms with van der Waals surface area (Å²) in [6.07, 6.45) is 12.1. The number of amides is 1. The minimum Gasteiger partial charge on any atom is -0.481 e. The van der Waals surface area contributed by atoms with Gasteiger partial charge in [-0.25, -0.2) is 9.97 Å². The molecule has 0 bridgehead atoms. The third kappa shape index (κ3) is 5.33. The molecule has 5 aliphatic carbocycles. The molecule has 6 rings (SSSR count). The number of rotatable bonds is 7. The van der Waals surface area contributed by atoms with Gasteiger partial charge in [-0.1, -0.05) is 41.5 Å². The first-order valence-corrected chi connectivity index (χ1v) is 18.2. The average Bonchev–Trinajstić information content (AvgIpc) is 3.30. The molecule has 1 heterocycles. The van der Waals surface area contributed by atoms with Gasteiger partial charge in [0.2, 0.25) is 0 Å². The van der Waals surface area contributed by atoms with Gasteiger partial charge in [0.25, 0.3) is 5.91 Å². The van der Waals surface area contributed by atoms with Gasteiger partial charge < -0.3 is 15.2 Å². The summed E-state index contributed by atoms with van der Waals surface area (Å²) in [5.41, 5.74) is 0.643. The van der Waals surface area contributed by atoms with Crippen molar-refractivity contribution < 1.29 is 29.0 Å². The second-order valence-corrected chi connectivity index (χ2v) is 17.9. The predicted octanol–water partition coefficient (Wildman–Crippen LogP) is 6.96. The maximum absolute atomic E-state index is 13.8. The highest BCUT2D eigenvalue weighted by molar-refractivity contribution is 6.03. The third-order valence-electron chi connectivity index (χ3n) is 14.1. The van der Waals surface area contributed by atoms with E-state index < -0.39 is 22.9 Å². The second kappa shape index (κ2) is 11.8. The first-order valence-electron chi connectivity index (χ1n) is 18.2. The number of allylic oxidation sites excluding steroid dienone is 1. The van der Waals surface area contributed by atoms with E-state index in [0.29, 0.717) is 29.7 Å². The number of aromatic nitrogens is 2. The van der Waals surface area contributed by atoms with E-state index in [4.69, 9.17) is 4.74 Å². The second-order valence-electron chi connectivity index (χ2n) is 17.9. The van der Waals surface area contributed by atoms with Gasteiger partial charge in [-0.3, -0.25) is 19.2 Å². The van der Waals surface area contributed by atoms with Crippen molar-refractivity contribution in [3.63, 3.8) is 0 Å². The zero-order valence-corrected chi connectivity index (χ0v) is 30.2. The number of fused-ring (bicyclic) bond motifs is 7. The Kier molecular flexibility index (Phi) is 8.51. The molecule has 262 valence electrons. The van der Waals surface area contributed by atoms with Crippen LogP contribution in [0.25, 0.3) is 0 Å². The van der Waals surface area contributed by atoms with E-state index in [2.05, 4.69) is 56.8 Å². The van der Waals surface area contributed by atoms with Crippen molar-refractivity contribution in [2.24, 2.45) is 51.2 Å². The number of esters is 1. The molecular formula is C39H55N3O6. The lowest BCUT2D eigenvalue weighted by molar-refractivity contribution is -0.213. The normalized spacial score (nSPS) is 37.2. The summed E-state index contributed by atoms with van der Waals surface area (Å²) < 4.78 is 6.12. The molecule has 5 aliphatic rings. The lowest BCUT2D eigenvalue weighted by Gasteiger charge is -2.68. The highest BCUT2D eigenvalue weighted by Crippen LogP contribution is 2.72. The van der Waals surface area contributed by atoms with Gasteiger partial charge in [-0.15, -0.1) is 0 Å². The average molecular weight is 662 g/mol. The number of carbonyl (C=O) groups excluding carboxylic acids is 3. The van der Waals surface area contributed by atoms with Crippen LogP contribution in [0.5, 0.6) is 0 Å². The zero-order valence-electron chi connectivity index (χ0n) is 30.2. The summed E-state index contributed by atoms with van der Waals surface area (Å²) in [6, 6.07) is 0. The van der Waals surface area contributed by atoms with Crippen LogP contribution in [-0.4, -0.2) is 50.3 Å².